The summed E-state index contributed by atoms with van der Waals surface area (Å²) in [7, 11) is 1.53. The highest BCUT2D eigenvalue weighted by Crippen LogP contribution is 2.34. The van der Waals surface area contributed by atoms with E-state index in [9.17, 15) is 14.4 Å². The van der Waals surface area contributed by atoms with Crippen molar-refractivity contribution in [3.8, 4) is 11.5 Å². The number of methoxy groups -OCH3 is 1. The number of carbonyl (C=O) groups excluding carboxylic acids is 3. The Labute approximate surface area is 200 Å². The van der Waals surface area contributed by atoms with Crippen LogP contribution in [0.3, 0.4) is 0 Å². The van der Waals surface area contributed by atoms with Crippen LogP contribution in [0, 0.1) is 3.57 Å². The summed E-state index contributed by atoms with van der Waals surface area (Å²) in [6, 6.07) is 10.3. The molecule has 9 heteroatoms. The molecule has 2 N–H and O–H groups in total. The first-order valence-corrected chi connectivity index (χ1v) is 11.2. The number of nitrogens with zero attached hydrogens (tertiary/aromatic N) is 1. The summed E-state index contributed by atoms with van der Waals surface area (Å²) in [6.07, 6.45) is 2.29. The van der Waals surface area contributed by atoms with E-state index in [4.69, 9.17) is 9.47 Å². The zero-order chi connectivity index (χ0) is 23.3. The Kier molecular flexibility index (Phi) is 7.73. The number of hydrogen-bond donors (Lipinski definition) is 2. The Bertz CT molecular complexity index is 1080. The van der Waals surface area contributed by atoms with E-state index in [0.29, 0.717) is 29.4 Å². The van der Waals surface area contributed by atoms with Gasteiger partial charge in [-0.3, -0.25) is 9.59 Å². The molecule has 32 heavy (non-hydrogen) atoms. The second kappa shape index (κ2) is 10.5. The summed E-state index contributed by atoms with van der Waals surface area (Å²) in [4.78, 5) is 38.5. The predicted octanol–water partition coefficient (Wildman–Crippen LogP) is 3.79. The van der Waals surface area contributed by atoms with Crippen molar-refractivity contribution in [2.45, 2.75) is 20.3 Å². The molecule has 3 rings (SSSR count). The fourth-order valence-electron chi connectivity index (χ4n) is 3.27. The summed E-state index contributed by atoms with van der Waals surface area (Å²) in [5.41, 5.74) is 2.37. The van der Waals surface area contributed by atoms with Crippen LogP contribution in [0.2, 0.25) is 0 Å². The fraction of sp³-hybridized carbons (Fsp3) is 0.261. The number of halogens is 1. The van der Waals surface area contributed by atoms with Gasteiger partial charge in [-0.1, -0.05) is 25.1 Å². The molecular weight excluding hydrogens is 525 g/mol. The van der Waals surface area contributed by atoms with Crippen LogP contribution in [0.15, 0.2) is 42.1 Å². The number of benzene rings is 2. The summed E-state index contributed by atoms with van der Waals surface area (Å²) in [6.45, 7) is 3.96. The van der Waals surface area contributed by atoms with Crippen LogP contribution in [0.5, 0.6) is 11.5 Å². The smallest absolute Gasteiger partial charge is 0.329 e. The highest BCUT2D eigenvalue weighted by molar-refractivity contribution is 14.1. The van der Waals surface area contributed by atoms with E-state index in [1.165, 1.54) is 7.11 Å². The molecular formula is C23H24IN3O5. The molecule has 1 heterocycles. The molecule has 0 unspecified atom stereocenters. The van der Waals surface area contributed by atoms with Gasteiger partial charge in [-0.2, -0.15) is 0 Å². The molecule has 2 aromatic rings. The van der Waals surface area contributed by atoms with Crippen LogP contribution in [0.1, 0.15) is 25.0 Å². The maximum Gasteiger partial charge on any atom is 0.329 e. The third-order valence-electron chi connectivity index (χ3n) is 4.79. The van der Waals surface area contributed by atoms with Crippen molar-refractivity contribution < 1.29 is 23.9 Å². The zero-order valence-corrected chi connectivity index (χ0v) is 20.2. The van der Waals surface area contributed by atoms with Crippen molar-refractivity contribution in [1.82, 2.24) is 10.2 Å². The summed E-state index contributed by atoms with van der Waals surface area (Å²) >= 11 is 2.12. The number of ether oxygens (including phenoxy) is 2. The van der Waals surface area contributed by atoms with Gasteiger partial charge in [-0.25, -0.2) is 9.69 Å². The van der Waals surface area contributed by atoms with E-state index in [2.05, 4.69) is 33.2 Å². The van der Waals surface area contributed by atoms with E-state index in [1.54, 1.807) is 18.2 Å². The highest BCUT2D eigenvalue weighted by atomic mass is 127. The van der Waals surface area contributed by atoms with Crippen LogP contribution >= 0.6 is 22.6 Å². The standard InChI is InChI=1S/C23H24IN3O5/c1-4-15-8-6-7-9-17(15)25-20(28)13-27-22(29)18(26-23(27)30)11-14-10-16(24)21(32-5-2)19(12-14)31-3/h6-12H,4-5,13H2,1-3H3,(H,25,28)(H,26,30)/b18-11-. The van der Waals surface area contributed by atoms with E-state index in [1.807, 2.05) is 38.1 Å². The summed E-state index contributed by atoms with van der Waals surface area (Å²) < 4.78 is 11.8. The number of carbonyl (C=O) groups is 3. The monoisotopic (exact) mass is 549 g/mol. The molecule has 0 spiro atoms. The topological polar surface area (TPSA) is 97.0 Å². The molecule has 1 aliphatic rings. The molecule has 0 radical (unpaired) electrons. The van der Waals surface area contributed by atoms with E-state index in [0.717, 1.165) is 20.5 Å². The van der Waals surface area contributed by atoms with E-state index in [-0.39, 0.29) is 12.2 Å². The molecule has 1 aliphatic heterocycles. The lowest BCUT2D eigenvalue weighted by molar-refractivity contribution is -0.127. The van der Waals surface area contributed by atoms with Gasteiger partial charge in [0.05, 0.1) is 17.3 Å². The Morgan fingerprint density at radius 1 is 1.22 bits per heavy atom. The fourth-order valence-corrected chi connectivity index (χ4v) is 4.05. The van der Waals surface area contributed by atoms with Gasteiger partial charge in [-0.05, 0) is 71.3 Å². The van der Waals surface area contributed by atoms with Gasteiger partial charge in [0.1, 0.15) is 12.2 Å². The minimum Gasteiger partial charge on any atom is -0.493 e. The second-order valence-corrected chi connectivity index (χ2v) is 8.07. The van der Waals surface area contributed by atoms with Crippen molar-refractivity contribution in [3.63, 3.8) is 0 Å². The molecule has 8 nitrogen and oxygen atoms in total. The average Bonchev–Trinajstić information content (AvgIpc) is 3.03. The van der Waals surface area contributed by atoms with Crippen LogP contribution < -0.4 is 20.1 Å². The number of amides is 4. The van der Waals surface area contributed by atoms with E-state index < -0.39 is 17.8 Å². The van der Waals surface area contributed by atoms with E-state index >= 15 is 0 Å². The molecule has 1 saturated heterocycles. The zero-order valence-electron chi connectivity index (χ0n) is 18.0. The van der Waals surface area contributed by atoms with Crippen LogP contribution in [-0.4, -0.2) is 43.0 Å². The Hall–Kier alpha value is -3.08. The van der Waals surface area contributed by atoms with Gasteiger partial charge in [-0.15, -0.1) is 0 Å². The Morgan fingerprint density at radius 2 is 1.97 bits per heavy atom. The van der Waals surface area contributed by atoms with Gasteiger partial charge in [0, 0.05) is 5.69 Å². The number of urea groups is 1. The van der Waals surface area contributed by atoms with Crippen molar-refractivity contribution in [3.05, 3.63) is 56.8 Å². The molecule has 0 aromatic heterocycles. The van der Waals surface area contributed by atoms with Crippen LogP contribution in [-0.2, 0) is 16.0 Å². The second-order valence-electron chi connectivity index (χ2n) is 6.91. The SMILES string of the molecule is CCOc1c(I)cc(/C=C2\NC(=O)N(CC(=O)Nc3ccccc3CC)C2=O)cc1OC. The molecule has 0 aliphatic carbocycles. The normalized spacial score (nSPS) is 14.5. The first kappa shape index (κ1) is 23.6. The summed E-state index contributed by atoms with van der Waals surface area (Å²) in [5, 5.41) is 5.31. The number of hydrogen-bond acceptors (Lipinski definition) is 5. The number of anilines is 1. The Balaban J connectivity index is 1.76. The highest BCUT2D eigenvalue weighted by Gasteiger charge is 2.35. The van der Waals surface area contributed by atoms with Gasteiger partial charge >= 0.3 is 6.03 Å². The van der Waals surface area contributed by atoms with Crippen LogP contribution in [0.4, 0.5) is 10.5 Å². The molecule has 0 atom stereocenters. The molecule has 168 valence electrons. The minimum atomic E-state index is -0.646. The first-order valence-electron chi connectivity index (χ1n) is 10.1. The van der Waals surface area contributed by atoms with Gasteiger partial charge in [0.15, 0.2) is 11.5 Å². The number of para-hydroxylation sites is 1. The number of nitrogens with one attached hydrogen (secondary N) is 2. The van der Waals surface area contributed by atoms with Crippen molar-refractivity contribution in [2.75, 3.05) is 25.6 Å². The number of imide groups is 1. The van der Waals surface area contributed by atoms with Crippen molar-refractivity contribution in [2.24, 2.45) is 0 Å². The lowest BCUT2D eigenvalue weighted by Crippen LogP contribution is -2.38. The quantitative estimate of drug-likeness (QED) is 0.297. The van der Waals surface area contributed by atoms with Crippen LogP contribution in [0.25, 0.3) is 6.08 Å². The van der Waals surface area contributed by atoms with Crippen molar-refractivity contribution in [1.29, 1.82) is 0 Å². The number of aryl methyl sites for hydroxylation is 1. The maximum absolute atomic E-state index is 12.8. The molecule has 0 bridgehead atoms. The first-order chi connectivity index (χ1) is 15.4. The Morgan fingerprint density at radius 3 is 2.66 bits per heavy atom. The molecule has 4 amide bonds. The molecule has 1 fully saturated rings. The van der Waals surface area contributed by atoms with Gasteiger partial charge in [0.2, 0.25) is 5.91 Å². The van der Waals surface area contributed by atoms with Gasteiger partial charge < -0.3 is 20.1 Å². The van der Waals surface area contributed by atoms with Crippen molar-refractivity contribution >= 4 is 52.2 Å². The maximum atomic E-state index is 12.8. The summed E-state index contributed by atoms with van der Waals surface area (Å²) in [5.74, 6) is 0.114. The average molecular weight is 549 g/mol. The molecule has 2 aromatic carbocycles. The minimum absolute atomic E-state index is 0.0822. The predicted molar refractivity (Wildman–Crippen MR) is 130 cm³/mol. The largest absolute Gasteiger partial charge is 0.493 e. The third kappa shape index (κ3) is 5.21. The lowest BCUT2D eigenvalue weighted by Gasteiger charge is -2.14. The number of rotatable bonds is 8. The third-order valence-corrected chi connectivity index (χ3v) is 5.59. The lowest BCUT2D eigenvalue weighted by atomic mass is 10.1. The van der Waals surface area contributed by atoms with Gasteiger partial charge in [0.25, 0.3) is 5.91 Å². The molecule has 0 saturated carbocycles.